The first kappa shape index (κ1) is 11.0. The molecule has 3 nitrogen and oxygen atoms in total. The zero-order valence-corrected chi connectivity index (χ0v) is 8.84. The minimum absolute atomic E-state index is 0.0370. The van der Waals surface area contributed by atoms with E-state index in [4.69, 9.17) is 11.6 Å². The number of aryl methyl sites for hydroxylation is 1. The minimum atomic E-state index is -0.0370. The highest BCUT2D eigenvalue weighted by atomic mass is 35.5. The van der Waals surface area contributed by atoms with E-state index in [9.17, 15) is 4.79 Å². The van der Waals surface area contributed by atoms with Crippen LogP contribution in [0, 0.1) is 6.92 Å². The van der Waals surface area contributed by atoms with Gasteiger partial charge in [0.25, 0.3) is 0 Å². The Labute approximate surface area is 88.5 Å². The summed E-state index contributed by atoms with van der Waals surface area (Å²) in [6.45, 7) is 2.44. The predicted molar refractivity (Wildman–Crippen MR) is 56.2 cm³/mol. The lowest BCUT2D eigenvalue weighted by atomic mass is 10.2. The fourth-order valence-electron chi connectivity index (χ4n) is 1.06. The molecule has 0 unspecified atom stereocenters. The number of carbonyl (C=O) groups is 1. The van der Waals surface area contributed by atoms with Crippen molar-refractivity contribution in [2.45, 2.75) is 19.9 Å². The molecule has 0 aliphatic carbocycles. The number of nitrogens with one attached hydrogen (secondary N) is 1. The molecule has 0 bridgehead atoms. The number of rotatable bonds is 4. The predicted octanol–water partition coefficient (Wildman–Crippen LogP) is 1.64. The van der Waals surface area contributed by atoms with Gasteiger partial charge in [-0.25, -0.2) is 0 Å². The number of halogens is 1. The van der Waals surface area contributed by atoms with Gasteiger partial charge < -0.3 is 5.32 Å². The molecule has 0 aliphatic rings. The highest BCUT2D eigenvalue weighted by Crippen LogP contribution is 2.02. The zero-order chi connectivity index (χ0) is 10.4. The van der Waals surface area contributed by atoms with Gasteiger partial charge in [0.05, 0.1) is 12.2 Å². The van der Waals surface area contributed by atoms with Gasteiger partial charge in [0, 0.05) is 18.5 Å². The van der Waals surface area contributed by atoms with Crippen LogP contribution in [0.5, 0.6) is 0 Å². The number of amides is 1. The maximum Gasteiger partial charge on any atom is 0.221 e. The molecule has 0 radical (unpaired) electrons. The van der Waals surface area contributed by atoms with Crippen LogP contribution in [-0.4, -0.2) is 16.8 Å². The van der Waals surface area contributed by atoms with Crippen LogP contribution in [0.15, 0.2) is 18.3 Å². The third-order valence-corrected chi connectivity index (χ3v) is 2.08. The van der Waals surface area contributed by atoms with E-state index in [1.165, 1.54) is 0 Å². The molecule has 14 heavy (non-hydrogen) atoms. The number of alkyl halides is 1. The molecule has 1 N–H and O–H groups in total. The van der Waals surface area contributed by atoms with Gasteiger partial charge >= 0.3 is 0 Å². The van der Waals surface area contributed by atoms with Crippen LogP contribution in [-0.2, 0) is 11.3 Å². The summed E-state index contributed by atoms with van der Waals surface area (Å²) in [4.78, 5) is 15.3. The number of hydrogen-bond donors (Lipinski definition) is 1. The molecule has 0 aliphatic heterocycles. The van der Waals surface area contributed by atoms with Gasteiger partial charge in [-0.15, -0.1) is 11.6 Å². The number of aromatic nitrogens is 1. The molecule has 0 saturated heterocycles. The van der Waals surface area contributed by atoms with Crippen molar-refractivity contribution in [3.05, 3.63) is 29.6 Å². The molecule has 0 aromatic carbocycles. The second-order valence-electron chi connectivity index (χ2n) is 2.98. The van der Waals surface area contributed by atoms with Gasteiger partial charge in [0.15, 0.2) is 0 Å². The molecule has 1 aromatic heterocycles. The van der Waals surface area contributed by atoms with Crippen molar-refractivity contribution in [1.29, 1.82) is 0 Å². The van der Waals surface area contributed by atoms with Crippen molar-refractivity contribution < 1.29 is 4.79 Å². The second-order valence-corrected chi connectivity index (χ2v) is 3.36. The van der Waals surface area contributed by atoms with E-state index < -0.39 is 0 Å². The van der Waals surface area contributed by atoms with E-state index in [0.29, 0.717) is 18.8 Å². The number of pyridine rings is 1. The molecular formula is C10H13ClN2O. The summed E-state index contributed by atoms with van der Waals surface area (Å²) >= 11 is 5.43. The third-order valence-electron chi connectivity index (χ3n) is 1.89. The fraction of sp³-hybridized carbons (Fsp3) is 0.400. The van der Waals surface area contributed by atoms with Crippen LogP contribution in [0.25, 0.3) is 0 Å². The van der Waals surface area contributed by atoms with Crippen molar-refractivity contribution in [1.82, 2.24) is 10.3 Å². The van der Waals surface area contributed by atoms with Gasteiger partial charge in [-0.3, -0.25) is 9.78 Å². The van der Waals surface area contributed by atoms with Crippen LogP contribution in [0.4, 0.5) is 0 Å². The Morgan fingerprint density at radius 3 is 3.07 bits per heavy atom. The smallest absolute Gasteiger partial charge is 0.221 e. The monoisotopic (exact) mass is 212 g/mol. The van der Waals surface area contributed by atoms with Crippen LogP contribution in [0.1, 0.15) is 17.7 Å². The lowest BCUT2D eigenvalue weighted by Gasteiger charge is -2.05. The lowest BCUT2D eigenvalue weighted by molar-refractivity contribution is -0.120. The zero-order valence-electron chi connectivity index (χ0n) is 8.09. The Kier molecular flexibility index (Phi) is 4.40. The van der Waals surface area contributed by atoms with E-state index >= 15 is 0 Å². The van der Waals surface area contributed by atoms with Crippen molar-refractivity contribution in [2.24, 2.45) is 0 Å². The molecule has 0 saturated carbocycles. The van der Waals surface area contributed by atoms with Crippen molar-refractivity contribution in [2.75, 3.05) is 5.88 Å². The highest BCUT2D eigenvalue weighted by Gasteiger charge is 2.02. The highest BCUT2D eigenvalue weighted by molar-refractivity contribution is 6.18. The van der Waals surface area contributed by atoms with E-state index in [0.717, 1.165) is 11.3 Å². The third kappa shape index (κ3) is 3.34. The number of carbonyl (C=O) groups excluding carboxylic acids is 1. The number of nitrogens with zero attached hydrogens (tertiary/aromatic N) is 1. The van der Waals surface area contributed by atoms with E-state index in [1.54, 1.807) is 6.20 Å². The average molecular weight is 213 g/mol. The summed E-state index contributed by atoms with van der Waals surface area (Å²) in [5.41, 5.74) is 1.98. The Hall–Kier alpha value is -1.09. The Bertz CT molecular complexity index is 315. The quantitative estimate of drug-likeness (QED) is 0.771. The summed E-state index contributed by atoms with van der Waals surface area (Å²) in [6, 6.07) is 3.84. The maximum absolute atomic E-state index is 11.1. The Balaban J connectivity index is 2.46. The lowest BCUT2D eigenvalue weighted by Crippen LogP contribution is -2.23. The van der Waals surface area contributed by atoms with E-state index in [2.05, 4.69) is 10.3 Å². The second kappa shape index (κ2) is 5.60. The average Bonchev–Trinajstić information content (AvgIpc) is 2.17. The van der Waals surface area contributed by atoms with Crippen LogP contribution in [0.3, 0.4) is 0 Å². The fourth-order valence-corrected chi connectivity index (χ4v) is 1.23. The van der Waals surface area contributed by atoms with Gasteiger partial charge in [-0.1, -0.05) is 6.07 Å². The topological polar surface area (TPSA) is 42.0 Å². The Morgan fingerprint density at radius 1 is 1.64 bits per heavy atom. The van der Waals surface area contributed by atoms with Gasteiger partial charge in [0.1, 0.15) is 0 Å². The minimum Gasteiger partial charge on any atom is -0.350 e. The first-order chi connectivity index (χ1) is 6.74. The van der Waals surface area contributed by atoms with Crippen LogP contribution >= 0.6 is 11.6 Å². The van der Waals surface area contributed by atoms with Crippen molar-refractivity contribution >= 4 is 17.5 Å². The largest absolute Gasteiger partial charge is 0.350 e. The first-order valence-electron chi connectivity index (χ1n) is 4.47. The van der Waals surface area contributed by atoms with Crippen LogP contribution < -0.4 is 5.32 Å². The van der Waals surface area contributed by atoms with Gasteiger partial charge in [0.2, 0.25) is 5.91 Å². The summed E-state index contributed by atoms with van der Waals surface area (Å²) in [5.74, 6) is 0.317. The SMILES string of the molecule is Cc1cccnc1CNC(=O)CCCl. The molecule has 1 amide bonds. The maximum atomic E-state index is 11.1. The molecule has 4 heteroatoms. The molecule has 0 spiro atoms. The van der Waals surface area contributed by atoms with Crippen LogP contribution in [0.2, 0.25) is 0 Å². The van der Waals surface area contributed by atoms with E-state index in [-0.39, 0.29) is 5.91 Å². The summed E-state index contributed by atoms with van der Waals surface area (Å²) < 4.78 is 0. The molecule has 0 fully saturated rings. The first-order valence-corrected chi connectivity index (χ1v) is 5.00. The molecule has 1 rings (SSSR count). The molecule has 1 heterocycles. The normalized spacial score (nSPS) is 9.86. The molecular weight excluding hydrogens is 200 g/mol. The summed E-state index contributed by atoms with van der Waals surface area (Å²) in [6.07, 6.45) is 2.07. The van der Waals surface area contributed by atoms with Crippen molar-refractivity contribution in [3.63, 3.8) is 0 Å². The number of hydrogen-bond acceptors (Lipinski definition) is 2. The standard InChI is InChI=1S/C10H13ClN2O/c1-8-3-2-6-12-9(8)7-13-10(14)4-5-11/h2-3,6H,4-5,7H2,1H3,(H,13,14). The molecule has 76 valence electrons. The van der Waals surface area contributed by atoms with Crippen molar-refractivity contribution in [3.8, 4) is 0 Å². The molecule has 1 aromatic rings. The summed E-state index contributed by atoms with van der Waals surface area (Å²) in [7, 11) is 0. The molecule has 0 atom stereocenters. The van der Waals surface area contributed by atoms with Gasteiger partial charge in [-0.05, 0) is 18.6 Å². The summed E-state index contributed by atoms with van der Waals surface area (Å²) in [5, 5.41) is 2.75. The Morgan fingerprint density at radius 2 is 2.43 bits per heavy atom. The van der Waals surface area contributed by atoms with E-state index in [1.807, 2.05) is 19.1 Å². The van der Waals surface area contributed by atoms with Gasteiger partial charge in [-0.2, -0.15) is 0 Å².